The summed E-state index contributed by atoms with van der Waals surface area (Å²) in [5.74, 6) is -0.511. The lowest BCUT2D eigenvalue weighted by atomic mass is 10.0. The van der Waals surface area contributed by atoms with Gasteiger partial charge in [0.25, 0.3) is 0 Å². The Morgan fingerprint density at radius 2 is 1.82 bits per heavy atom. The van der Waals surface area contributed by atoms with Gasteiger partial charge in [-0.3, -0.25) is 19.4 Å². The van der Waals surface area contributed by atoms with Gasteiger partial charge in [-0.25, -0.2) is 0 Å². The second kappa shape index (κ2) is 8.96. The van der Waals surface area contributed by atoms with Crippen LogP contribution in [0.25, 0.3) is 33.4 Å². The third-order valence-corrected chi connectivity index (χ3v) is 5.71. The van der Waals surface area contributed by atoms with E-state index in [1.54, 1.807) is 35.3 Å². The fourth-order valence-corrected chi connectivity index (χ4v) is 4.09. The topological polar surface area (TPSA) is 110 Å². The van der Waals surface area contributed by atoms with Crippen molar-refractivity contribution in [3.05, 3.63) is 103 Å². The minimum absolute atomic E-state index is 0.310. The molecule has 3 heterocycles. The average molecular weight is 444 g/mol. The normalized spacial score (nSPS) is 11.7. The van der Waals surface area contributed by atoms with Crippen molar-refractivity contribution >= 4 is 16.8 Å². The highest BCUT2D eigenvalue weighted by Crippen LogP contribution is 2.35. The van der Waals surface area contributed by atoms with Gasteiger partial charge in [0.1, 0.15) is 11.7 Å². The van der Waals surface area contributed by atoms with Crippen molar-refractivity contribution in [1.29, 1.82) is 5.26 Å². The summed E-state index contributed by atoms with van der Waals surface area (Å²) >= 11 is 0. The second-order valence-electron chi connectivity index (χ2n) is 7.90. The molecule has 0 aliphatic rings. The molecule has 7 nitrogen and oxygen atoms in total. The predicted molar refractivity (Wildman–Crippen MR) is 129 cm³/mol. The summed E-state index contributed by atoms with van der Waals surface area (Å²) in [5, 5.41) is 15.0. The van der Waals surface area contributed by atoms with E-state index in [-0.39, 0.29) is 0 Å². The molecule has 2 N–H and O–H groups in total. The second-order valence-corrected chi connectivity index (χ2v) is 7.90. The summed E-state index contributed by atoms with van der Waals surface area (Å²) in [7, 11) is 0. The van der Waals surface area contributed by atoms with Gasteiger partial charge in [-0.2, -0.15) is 10.4 Å². The van der Waals surface area contributed by atoms with E-state index in [1.807, 2.05) is 60.8 Å². The van der Waals surface area contributed by atoms with Crippen molar-refractivity contribution in [2.75, 3.05) is 0 Å². The molecular formula is C27H20N6O. The summed E-state index contributed by atoms with van der Waals surface area (Å²) in [4.78, 5) is 21.5. The number of hydrogen-bond donors (Lipinski definition) is 1. The highest BCUT2D eigenvalue weighted by atomic mass is 16.1. The van der Waals surface area contributed by atoms with Gasteiger partial charge < -0.3 is 5.73 Å². The number of hydrogen-bond acceptors (Lipinski definition) is 5. The number of para-hydroxylation sites is 1. The Bertz CT molecular complexity index is 1530. The van der Waals surface area contributed by atoms with Gasteiger partial charge >= 0.3 is 0 Å². The zero-order valence-electron chi connectivity index (χ0n) is 18.2. The molecule has 0 spiro atoms. The fraction of sp³-hybridized carbons (Fsp3) is 0.0741. The Morgan fingerprint density at radius 1 is 0.971 bits per heavy atom. The molecule has 3 aromatic heterocycles. The molecule has 2 aromatic carbocycles. The van der Waals surface area contributed by atoms with Crippen molar-refractivity contribution in [3.63, 3.8) is 0 Å². The predicted octanol–water partition coefficient (Wildman–Crippen LogP) is 4.30. The smallest absolute Gasteiger partial charge is 0.242 e. The third-order valence-electron chi connectivity index (χ3n) is 5.71. The number of rotatable bonds is 6. The Morgan fingerprint density at radius 3 is 2.62 bits per heavy atom. The molecule has 164 valence electrons. The van der Waals surface area contributed by atoms with E-state index in [9.17, 15) is 10.1 Å². The molecule has 1 atom stereocenters. The highest BCUT2D eigenvalue weighted by Gasteiger charge is 2.24. The molecule has 1 amide bonds. The molecule has 34 heavy (non-hydrogen) atoms. The Balaban J connectivity index is 1.67. The molecule has 0 aliphatic heterocycles. The SMILES string of the molecule is N#Cc1cccc(CC(C(N)=O)n2cc(-c3ccnc4ccccc34)c(-c3ccccn3)n2)c1. The number of primary amides is 1. The molecule has 7 heteroatoms. The number of nitriles is 1. The van der Waals surface area contributed by atoms with Crippen LogP contribution in [0.15, 0.2) is 91.4 Å². The van der Waals surface area contributed by atoms with Gasteiger partial charge in [0.05, 0.1) is 22.8 Å². The van der Waals surface area contributed by atoms with Crippen LogP contribution in [-0.4, -0.2) is 25.7 Å². The van der Waals surface area contributed by atoms with E-state index < -0.39 is 11.9 Å². The minimum atomic E-state index is -0.738. The summed E-state index contributed by atoms with van der Waals surface area (Å²) in [5.41, 5.74) is 11.1. The molecule has 5 rings (SSSR count). The lowest BCUT2D eigenvalue weighted by molar-refractivity contribution is -0.121. The third kappa shape index (κ3) is 4.00. The van der Waals surface area contributed by atoms with Gasteiger partial charge in [-0.1, -0.05) is 36.4 Å². The monoisotopic (exact) mass is 444 g/mol. The first-order chi connectivity index (χ1) is 16.6. The molecule has 0 saturated carbocycles. The molecule has 0 saturated heterocycles. The van der Waals surface area contributed by atoms with Crippen molar-refractivity contribution < 1.29 is 4.79 Å². The molecular weight excluding hydrogens is 424 g/mol. The van der Waals surface area contributed by atoms with E-state index in [1.165, 1.54) is 0 Å². The van der Waals surface area contributed by atoms with Crippen LogP contribution in [-0.2, 0) is 11.2 Å². The molecule has 0 aliphatic carbocycles. The summed E-state index contributed by atoms with van der Waals surface area (Å²) in [6.07, 6.45) is 5.62. The lowest BCUT2D eigenvalue weighted by Gasteiger charge is -2.14. The first-order valence-electron chi connectivity index (χ1n) is 10.8. The quantitative estimate of drug-likeness (QED) is 0.420. The van der Waals surface area contributed by atoms with Crippen molar-refractivity contribution in [1.82, 2.24) is 19.7 Å². The lowest BCUT2D eigenvalue weighted by Crippen LogP contribution is -2.28. The number of carbonyl (C=O) groups excluding carboxylic acids is 1. The number of nitrogens with two attached hydrogens (primary N) is 1. The number of amides is 1. The van der Waals surface area contributed by atoms with Crippen molar-refractivity contribution in [2.24, 2.45) is 5.73 Å². The van der Waals surface area contributed by atoms with Crippen LogP contribution in [0, 0.1) is 11.3 Å². The number of nitrogens with zero attached hydrogens (tertiary/aromatic N) is 5. The van der Waals surface area contributed by atoms with Crippen molar-refractivity contribution in [3.8, 4) is 28.6 Å². The molecule has 0 radical (unpaired) electrons. The zero-order chi connectivity index (χ0) is 23.5. The number of fused-ring (bicyclic) bond motifs is 1. The zero-order valence-corrected chi connectivity index (χ0v) is 18.2. The number of benzene rings is 2. The van der Waals surface area contributed by atoms with E-state index in [4.69, 9.17) is 10.8 Å². The standard InChI is InChI=1S/C27H20N6O/c28-16-19-7-5-6-18(14-19)15-25(27(29)34)33-17-22(26(32-33)24-10-3-4-12-30-24)20-11-13-31-23-9-2-1-8-21(20)23/h1-14,17,25H,15H2,(H2,29,34). The van der Waals surface area contributed by atoms with Crippen molar-refractivity contribution in [2.45, 2.75) is 12.5 Å². The fourth-order valence-electron chi connectivity index (χ4n) is 4.09. The Hall–Kier alpha value is -4.83. The van der Waals surface area contributed by atoms with Crippen LogP contribution >= 0.6 is 0 Å². The summed E-state index contributed by atoms with van der Waals surface area (Å²) in [6.45, 7) is 0. The minimum Gasteiger partial charge on any atom is -0.368 e. The van der Waals surface area contributed by atoms with Crippen LogP contribution in [0.1, 0.15) is 17.2 Å². The molecule has 1 unspecified atom stereocenters. The van der Waals surface area contributed by atoms with E-state index in [0.29, 0.717) is 23.4 Å². The van der Waals surface area contributed by atoms with E-state index in [0.717, 1.165) is 27.6 Å². The average Bonchev–Trinajstić information content (AvgIpc) is 3.32. The first-order valence-corrected chi connectivity index (χ1v) is 10.8. The number of carbonyl (C=O) groups is 1. The van der Waals surface area contributed by atoms with Gasteiger partial charge in [0.2, 0.25) is 5.91 Å². The van der Waals surface area contributed by atoms with Crippen LogP contribution in [0.5, 0.6) is 0 Å². The van der Waals surface area contributed by atoms with Gasteiger partial charge in [0.15, 0.2) is 0 Å². The highest BCUT2D eigenvalue weighted by molar-refractivity contribution is 5.97. The Labute approximate surface area is 196 Å². The van der Waals surface area contributed by atoms with Gasteiger partial charge in [-0.15, -0.1) is 0 Å². The molecule has 0 bridgehead atoms. The molecule has 5 aromatic rings. The maximum absolute atomic E-state index is 12.5. The Kier molecular flexibility index (Phi) is 5.55. The first kappa shape index (κ1) is 21.0. The number of aromatic nitrogens is 4. The number of pyridine rings is 2. The van der Waals surface area contributed by atoms with E-state index in [2.05, 4.69) is 16.0 Å². The van der Waals surface area contributed by atoms with Gasteiger partial charge in [0, 0.05) is 36.0 Å². The van der Waals surface area contributed by atoms with Crippen LogP contribution in [0.2, 0.25) is 0 Å². The maximum Gasteiger partial charge on any atom is 0.242 e. The maximum atomic E-state index is 12.5. The summed E-state index contributed by atoms with van der Waals surface area (Å²) < 4.78 is 1.61. The van der Waals surface area contributed by atoms with Crippen LogP contribution < -0.4 is 5.73 Å². The largest absolute Gasteiger partial charge is 0.368 e. The van der Waals surface area contributed by atoms with E-state index >= 15 is 0 Å². The van der Waals surface area contributed by atoms with Crippen LogP contribution in [0.3, 0.4) is 0 Å². The van der Waals surface area contributed by atoms with Crippen LogP contribution in [0.4, 0.5) is 0 Å². The summed E-state index contributed by atoms with van der Waals surface area (Å²) in [6, 6.07) is 24.0. The van der Waals surface area contributed by atoms with Gasteiger partial charge in [-0.05, 0) is 47.5 Å². The molecule has 0 fully saturated rings.